The first-order chi connectivity index (χ1) is 9.00. The molecule has 2 rings (SSSR count). The second-order valence-electron chi connectivity index (χ2n) is 5.47. The summed E-state index contributed by atoms with van der Waals surface area (Å²) < 4.78 is 0. The third kappa shape index (κ3) is 3.73. The van der Waals surface area contributed by atoms with Gasteiger partial charge >= 0.3 is 0 Å². The highest BCUT2D eigenvalue weighted by Crippen LogP contribution is 2.34. The first-order valence-electron chi connectivity index (χ1n) is 6.54. The van der Waals surface area contributed by atoms with E-state index < -0.39 is 0 Å². The van der Waals surface area contributed by atoms with Gasteiger partial charge in [-0.3, -0.25) is 0 Å². The van der Waals surface area contributed by atoms with E-state index in [-0.39, 0.29) is 5.41 Å². The zero-order chi connectivity index (χ0) is 13.9. The fourth-order valence-electron chi connectivity index (χ4n) is 1.49. The number of aromatic nitrogens is 3. The Bertz CT molecular complexity index is 525. The number of rotatable bonds is 5. The predicted octanol–water partition coefficient (Wildman–Crippen LogP) is 4.17. The normalized spacial score (nSPS) is 11.8. The van der Waals surface area contributed by atoms with Gasteiger partial charge < -0.3 is 5.32 Å². The lowest BCUT2D eigenvalue weighted by Gasteiger charge is -2.13. The molecule has 4 nitrogen and oxygen atoms in total. The molecule has 0 aromatic carbocycles. The lowest BCUT2D eigenvalue weighted by Crippen LogP contribution is -2.09. The Kier molecular flexibility index (Phi) is 4.52. The van der Waals surface area contributed by atoms with E-state index in [2.05, 4.69) is 48.2 Å². The van der Waals surface area contributed by atoms with Crippen LogP contribution in [0.5, 0.6) is 0 Å². The van der Waals surface area contributed by atoms with Crippen molar-refractivity contribution in [3.05, 3.63) is 11.2 Å². The molecule has 2 aromatic rings. The minimum Gasteiger partial charge on any atom is -0.360 e. The number of hydrogen-bond acceptors (Lipinski definition) is 6. The number of thiazole rings is 1. The van der Waals surface area contributed by atoms with Crippen molar-refractivity contribution in [2.75, 3.05) is 11.9 Å². The van der Waals surface area contributed by atoms with Crippen molar-refractivity contribution in [1.29, 1.82) is 0 Å². The molecule has 0 saturated carbocycles. The van der Waals surface area contributed by atoms with Crippen LogP contribution in [0.4, 0.5) is 5.13 Å². The maximum absolute atomic E-state index is 4.49. The summed E-state index contributed by atoms with van der Waals surface area (Å²) in [5.41, 5.74) is 0.0931. The van der Waals surface area contributed by atoms with Gasteiger partial charge in [-0.05, 0) is 6.42 Å². The molecule has 0 aliphatic carbocycles. The average Bonchev–Trinajstić information content (AvgIpc) is 2.96. The number of nitrogens with zero attached hydrogens (tertiary/aromatic N) is 3. The van der Waals surface area contributed by atoms with Gasteiger partial charge in [0.2, 0.25) is 5.13 Å². The van der Waals surface area contributed by atoms with Gasteiger partial charge in [0.1, 0.15) is 0 Å². The van der Waals surface area contributed by atoms with E-state index in [1.54, 1.807) is 22.7 Å². The van der Waals surface area contributed by atoms with Crippen molar-refractivity contribution in [2.24, 2.45) is 0 Å². The lowest BCUT2D eigenvalue weighted by atomic mass is 9.98. The summed E-state index contributed by atoms with van der Waals surface area (Å²) in [6, 6.07) is 0. The Morgan fingerprint density at radius 1 is 1.21 bits per heavy atom. The first-order valence-corrected chi connectivity index (χ1v) is 8.18. The molecule has 0 saturated heterocycles. The largest absolute Gasteiger partial charge is 0.360 e. The Balaban J connectivity index is 2.08. The number of unbranched alkanes of at least 4 members (excludes halogenated alkanes) is 1. The molecule has 0 aliphatic heterocycles. The standard InChI is InChI=1S/C13H20N4S2/c1-5-6-7-14-12-17-16-10(19-12)9-8-15-11(18-9)13(2,3)4/h8H,5-7H2,1-4H3,(H,14,17). The van der Waals surface area contributed by atoms with Crippen LogP contribution in [-0.4, -0.2) is 21.7 Å². The van der Waals surface area contributed by atoms with Gasteiger partial charge in [-0.15, -0.1) is 21.5 Å². The second-order valence-corrected chi connectivity index (χ2v) is 7.48. The van der Waals surface area contributed by atoms with Crippen LogP contribution in [-0.2, 0) is 5.41 Å². The minimum absolute atomic E-state index is 0.0931. The van der Waals surface area contributed by atoms with E-state index in [1.165, 1.54) is 6.42 Å². The highest BCUT2D eigenvalue weighted by molar-refractivity contribution is 7.23. The van der Waals surface area contributed by atoms with Gasteiger partial charge in [0.15, 0.2) is 5.01 Å². The molecule has 1 N–H and O–H groups in total. The van der Waals surface area contributed by atoms with Crippen LogP contribution < -0.4 is 5.32 Å². The van der Waals surface area contributed by atoms with Gasteiger partial charge in [-0.1, -0.05) is 45.5 Å². The van der Waals surface area contributed by atoms with Crippen molar-refractivity contribution in [2.45, 2.75) is 46.0 Å². The molecule has 19 heavy (non-hydrogen) atoms. The van der Waals surface area contributed by atoms with Crippen molar-refractivity contribution in [3.8, 4) is 9.88 Å². The van der Waals surface area contributed by atoms with E-state index in [0.29, 0.717) is 0 Å². The molecule has 0 atom stereocenters. The topological polar surface area (TPSA) is 50.7 Å². The Morgan fingerprint density at radius 3 is 2.63 bits per heavy atom. The molecule has 0 radical (unpaired) electrons. The van der Waals surface area contributed by atoms with Crippen molar-refractivity contribution < 1.29 is 0 Å². The van der Waals surface area contributed by atoms with Crippen LogP contribution in [0, 0.1) is 0 Å². The lowest BCUT2D eigenvalue weighted by molar-refractivity contribution is 0.585. The van der Waals surface area contributed by atoms with Gasteiger partial charge in [0, 0.05) is 18.2 Å². The van der Waals surface area contributed by atoms with E-state index in [9.17, 15) is 0 Å². The van der Waals surface area contributed by atoms with Crippen molar-refractivity contribution in [1.82, 2.24) is 15.2 Å². The van der Waals surface area contributed by atoms with Gasteiger partial charge in [0.25, 0.3) is 0 Å². The highest BCUT2D eigenvalue weighted by atomic mass is 32.1. The van der Waals surface area contributed by atoms with Crippen LogP contribution in [0.25, 0.3) is 9.88 Å². The van der Waals surface area contributed by atoms with E-state index in [1.807, 2.05) is 6.20 Å². The molecular formula is C13H20N4S2. The van der Waals surface area contributed by atoms with Crippen molar-refractivity contribution >= 4 is 27.8 Å². The molecule has 0 unspecified atom stereocenters. The van der Waals surface area contributed by atoms with E-state index >= 15 is 0 Å². The van der Waals surface area contributed by atoms with Crippen LogP contribution in [0.3, 0.4) is 0 Å². The first kappa shape index (κ1) is 14.4. The quantitative estimate of drug-likeness (QED) is 0.841. The molecule has 104 valence electrons. The number of nitrogens with one attached hydrogen (secondary N) is 1. The van der Waals surface area contributed by atoms with Gasteiger partial charge in [0.05, 0.1) is 9.88 Å². The average molecular weight is 296 g/mol. The fourth-order valence-corrected chi connectivity index (χ4v) is 3.26. The molecule has 6 heteroatoms. The van der Waals surface area contributed by atoms with E-state index in [0.717, 1.165) is 33.0 Å². The number of hydrogen-bond donors (Lipinski definition) is 1. The fraction of sp³-hybridized carbons (Fsp3) is 0.615. The molecule has 0 spiro atoms. The van der Waals surface area contributed by atoms with Gasteiger partial charge in [-0.2, -0.15) is 0 Å². The summed E-state index contributed by atoms with van der Waals surface area (Å²) >= 11 is 3.30. The molecular weight excluding hydrogens is 276 g/mol. The minimum atomic E-state index is 0.0931. The van der Waals surface area contributed by atoms with Crippen LogP contribution in [0.1, 0.15) is 45.5 Å². The SMILES string of the molecule is CCCCNc1nnc(-c2cnc(C(C)(C)C)s2)s1. The maximum atomic E-state index is 4.49. The zero-order valence-electron chi connectivity index (χ0n) is 11.9. The predicted molar refractivity (Wildman–Crippen MR) is 83.1 cm³/mol. The van der Waals surface area contributed by atoms with Crippen LogP contribution in [0.15, 0.2) is 6.20 Å². The zero-order valence-corrected chi connectivity index (χ0v) is 13.5. The monoisotopic (exact) mass is 296 g/mol. The second kappa shape index (κ2) is 5.96. The summed E-state index contributed by atoms with van der Waals surface area (Å²) in [7, 11) is 0. The van der Waals surface area contributed by atoms with E-state index in [4.69, 9.17) is 0 Å². The van der Waals surface area contributed by atoms with Crippen molar-refractivity contribution in [3.63, 3.8) is 0 Å². The summed E-state index contributed by atoms with van der Waals surface area (Å²) in [4.78, 5) is 5.59. The highest BCUT2D eigenvalue weighted by Gasteiger charge is 2.19. The molecule has 2 aromatic heterocycles. The smallest absolute Gasteiger partial charge is 0.206 e. The maximum Gasteiger partial charge on any atom is 0.206 e. The molecule has 0 fully saturated rings. The van der Waals surface area contributed by atoms with Gasteiger partial charge in [-0.25, -0.2) is 4.98 Å². The summed E-state index contributed by atoms with van der Waals surface area (Å²) in [5.74, 6) is 0. The third-order valence-corrected chi connectivity index (χ3v) is 5.06. The third-order valence-electron chi connectivity index (χ3n) is 2.59. The summed E-state index contributed by atoms with van der Waals surface area (Å²) in [5, 5.41) is 14.7. The Morgan fingerprint density at radius 2 is 2.00 bits per heavy atom. The Labute approximate surface area is 122 Å². The Hall–Kier alpha value is -1.01. The van der Waals surface area contributed by atoms with Crippen LogP contribution >= 0.6 is 22.7 Å². The summed E-state index contributed by atoms with van der Waals surface area (Å²) in [6.45, 7) is 9.66. The number of anilines is 1. The molecule has 2 heterocycles. The molecule has 0 amide bonds. The molecule has 0 bridgehead atoms. The van der Waals surface area contributed by atoms with Crippen LogP contribution in [0.2, 0.25) is 0 Å². The summed E-state index contributed by atoms with van der Waals surface area (Å²) in [6.07, 6.45) is 4.24. The molecule has 0 aliphatic rings.